The number of rotatable bonds is 9. The van der Waals surface area contributed by atoms with Gasteiger partial charge in [-0.05, 0) is 70.0 Å². The van der Waals surface area contributed by atoms with E-state index in [2.05, 4.69) is 42.4 Å². The summed E-state index contributed by atoms with van der Waals surface area (Å²) in [5, 5.41) is 2.98. The highest BCUT2D eigenvalue weighted by Gasteiger charge is 2.21. The summed E-state index contributed by atoms with van der Waals surface area (Å²) >= 11 is 0. The maximum atomic E-state index is 12.2. The van der Waals surface area contributed by atoms with Gasteiger partial charge >= 0.3 is 6.03 Å². The third-order valence-corrected chi connectivity index (χ3v) is 4.74. The fourth-order valence-electron chi connectivity index (χ4n) is 3.20. The van der Waals surface area contributed by atoms with Gasteiger partial charge in [0.1, 0.15) is 5.75 Å². The van der Waals surface area contributed by atoms with Crippen LogP contribution in [0.15, 0.2) is 18.2 Å². The molecule has 1 N–H and O–H groups in total. The molecule has 1 heterocycles. The number of carbonyl (C=O) groups excluding carboxylic acids is 1. The number of urea groups is 1. The molecule has 0 unspecified atom stereocenters. The van der Waals surface area contributed by atoms with Crippen LogP contribution in [-0.4, -0.2) is 55.2 Å². The van der Waals surface area contributed by atoms with E-state index in [-0.39, 0.29) is 12.1 Å². The van der Waals surface area contributed by atoms with E-state index in [0.717, 1.165) is 44.8 Å². The quantitative estimate of drug-likeness (QED) is 0.621. The molecule has 0 saturated carbocycles. The fraction of sp³-hybridized carbons (Fsp3) is 0.696. The van der Waals surface area contributed by atoms with Crippen molar-refractivity contribution in [2.75, 3.05) is 33.3 Å². The third kappa shape index (κ3) is 8.51. The molecule has 0 fully saturated rings. The molecule has 2 rings (SSSR count). The van der Waals surface area contributed by atoms with Crippen LogP contribution in [0.2, 0.25) is 0 Å². The number of nitrogens with one attached hydrogen (secondary N) is 1. The number of unbranched alkanes of at least 4 members (excludes halogenated alkanes) is 1. The van der Waals surface area contributed by atoms with Gasteiger partial charge in [0.15, 0.2) is 0 Å². The van der Waals surface area contributed by atoms with E-state index in [1.165, 1.54) is 24.0 Å². The summed E-state index contributed by atoms with van der Waals surface area (Å²) in [6, 6.07) is 6.49. The minimum atomic E-state index is 0.0205. The van der Waals surface area contributed by atoms with Crippen molar-refractivity contribution < 1.29 is 9.53 Å². The molecular formula is C23H41N3O2. The standard InChI is InChI=1S/C21H35N3O2.C2H6/c1-5-6-11-23(4)12-7-14-26-20-9-8-18-10-13-24(16-19(18)15-20)21(25)22-17(2)3;1-2/h8-9,15,17H,5-7,10-14,16H2,1-4H3,(H,22,25);1-2H3. The Hall–Kier alpha value is -1.75. The van der Waals surface area contributed by atoms with E-state index in [1.807, 2.05) is 32.6 Å². The molecule has 0 aliphatic carbocycles. The van der Waals surface area contributed by atoms with Crippen LogP contribution in [0.25, 0.3) is 0 Å². The average Bonchev–Trinajstić information content (AvgIpc) is 2.70. The van der Waals surface area contributed by atoms with Gasteiger partial charge in [-0.2, -0.15) is 0 Å². The second-order valence-electron chi connectivity index (χ2n) is 7.57. The fourth-order valence-corrected chi connectivity index (χ4v) is 3.20. The molecule has 1 aromatic rings. The summed E-state index contributed by atoms with van der Waals surface area (Å²) in [5.74, 6) is 0.908. The predicted octanol–water partition coefficient (Wildman–Crippen LogP) is 4.69. The Morgan fingerprint density at radius 2 is 1.93 bits per heavy atom. The lowest BCUT2D eigenvalue weighted by Crippen LogP contribution is -2.45. The minimum absolute atomic E-state index is 0.0205. The molecule has 5 nitrogen and oxygen atoms in total. The van der Waals surface area contributed by atoms with Crippen LogP contribution in [0.4, 0.5) is 4.79 Å². The third-order valence-electron chi connectivity index (χ3n) is 4.74. The van der Waals surface area contributed by atoms with E-state index in [1.54, 1.807) is 0 Å². The first-order chi connectivity index (χ1) is 13.5. The van der Waals surface area contributed by atoms with Gasteiger partial charge in [0.25, 0.3) is 0 Å². The van der Waals surface area contributed by atoms with E-state index in [0.29, 0.717) is 6.54 Å². The van der Waals surface area contributed by atoms with Crippen molar-refractivity contribution in [1.29, 1.82) is 0 Å². The molecule has 1 aromatic carbocycles. The van der Waals surface area contributed by atoms with Crippen molar-refractivity contribution in [2.24, 2.45) is 0 Å². The van der Waals surface area contributed by atoms with Crippen molar-refractivity contribution in [2.45, 2.75) is 72.9 Å². The number of ether oxygens (including phenoxy) is 1. The van der Waals surface area contributed by atoms with Gasteiger partial charge in [0, 0.05) is 25.7 Å². The number of amides is 2. The smallest absolute Gasteiger partial charge is 0.317 e. The lowest BCUT2D eigenvalue weighted by atomic mass is 10.00. The van der Waals surface area contributed by atoms with Crippen molar-refractivity contribution in [3.63, 3.8) is 0 Å². The van der Waals surface area contributed by atoms with Crippen molar-refractivity contribution in [3.8, 4) is 5.75 Å². The zero-order valence-electron chi connectivity index (χ0n) is 18.9. The highest BCUT2D eigenvalue weighted by molar-refractivity contribution is 5.74. The Morgan fingerprint density at radius 3 is 2.61 bits per heavy atom. The average molecular weight is 392 g/mol. The van der Waals surface area contributed by atoms with Crippen molar-refractivity contribution in [3.05, 3.63) is 29.3 Å². The summed E-state index contributed by atoms with van der Waals surface area (Å²) in [6.45, 7) is 14.6. The SMILES string of the molecule is CC.CCCCN(C)CCCOc1ccc2c(c1)CN(C(=O)NC(C)C)CC2. The second kappa shape index (κ2) is 13.4. The summed E-state index contributed by atoms with van der Waals surface area (Å²) < 4.78 is 5.94. The maximum Gasteiger partial charge on any atom is 0.317 e. The first kappa shape index (κ1) is 24.3. The molecule has 0 radical (unpaired) electrons. The Morgan fingerprint density at radius 1 is 1.21 bits per heavy atom. The van der Waals surface area contributed by atoms with Gasteiger partial charge in [0.2, 0.25) is 0 Å². The molecule has 0 aromatic heterocycles. The topological polar surface area (TPSA) is 44.8 Å². The summed E-state index contributed by atoms with van der Waals surface area (Å²) in [6.07, 6.45) is 4.43. The second-order valence-corrected chi connectivity index (χ2v) is 7.57. The Kier molecular flexibility index (Phi) is 11.7. The van der Waals surface area contributed by atoms with E-state index in [9.17, 15) is 4.79 Å². The van der Waals surface area contributed by atoms with Gasteiger partial charge < -0.3 is 19.9 Å². The molecule has 160 valence electrons. The van der Waals surface area contributed by atoms with E-state index >= 15 is 0 Å². The van der Waals surface area contributed by atoms with Crippen LogP contribution in [0.5, 0.6) is 5.75 Å². The first-order valence-corrected chi connectivity index (χ1v) is 11.0. The molecular weight excluding hydrogens is 350 g/mol. The molecule has 0 saturated heterocycles. The van der Waals surface area contributed by atoms with Gasteiger partial charge in [-0.25, -0.2) is 4.79 Å². The first-order valence-electron chi connectivity index (χ1n) is 11.0. The Labute approximate surface area is 172 Å². The molecule has 1 aliphatic heterocycles. The van der Waals surface area contributed by atoms with Crippen LogP contribution < -0.4 is 10.1 Å². The molecule has 5 heteroatoms. The predicted molar refractivity (Wildman–Crippen MR) is 118 cm³/mol. The molecule has 0 bridgehead atoms. The monoisotopic (exact) mass is 391 g/mol. The zero-order valence-corrected chi connectivity index (χ0v) is 18.9. The molecule has 1 aliphatic rings. The highest BCUT2D eigenvalue weighted by Crippen LogP contribution is 2.24. The highest BCUT2D eigenvalue weighted by atomic mass is 16.5. The summed E-state index contributed by atoms with van der Waals surface area (Å²) in [5.41, 5.74) is 2.53. The van der Waals surface area contributed by atoms with Crippen LogP contribution >= 0.6 is 0 Å². The molecule has 28 heavy (non-hydrogen) atoms. The molecule has 0 spiro atoms. The van der Waals surface area contributed by atoms with Gasteiger partial charge in [-0.1, -0.05) is 33.3 Å². The van der Waals surface area contributed by atoms with Crippen LogP contribution in [-0.2, 0) is 13.0 Å². The summed E-state index contributed by atoms with van der Waals surface area (Å²) in [7, 11) is 2.17. The number of hydrogen-bond donors (Lipinski definition) is 1. The summed E-state index contributed by atoms with van der Waals surface area (Å²) in [4.78, 5) is 16.5. The molecule has 0 atom stereocenters. The normalized spacial score (nSPS) is 13.1. The Balaban J connectivity index is 0.00000190. The van der Waals surface area contributed by atoms with Gasteiger partial charge in [-0.3, -0.25) is 0 Å². The van der Waals surface area contributed by atoms with E-state index in [4.69, 9.17) is 4.74 Å². The zero-order chi connectivity index (χ0) is 20.9. The van der Waals surface area contributed by atoms with Crippen molar-refractivity contribution >= 4 is 6.03 Å². The number of fused-ring (bicyclic) bond motifs is 1. The largest absolute Gasteiger partial charge is 0.494 e. The van der Waals surface area contributed by atoms with Crippen LogP contribution in [0.3, 0.4) is 0 Å². The Bertz CT molecular complexity index is 575. The minimum Gasteiger partial charge on any atom is -0.494 e. The van der Waals surface area contributed by atoms with E-state index < -0.39 is 0 Å². The number of nitrogens with zero attached hydrogens (tertiary/aromatic N) is 2. The van der Waals surface area contributed by atoms with Gasteiger partial charge in [-0.15, -0.1) is 0 Å². The number of benzene rings is 1. The maximum absolute atomic E-state index is 12.2. The lowest BCUT2D eigenvalue weighted by Gasteiger charge is -2.30. The molecule has 2 amide bonds. The lowest BCUT2D eigenvalue weighted by molar-refractivity contribution is 0.189. The van der Waals surface area contributed by atoms with Crippen LogP contribution in [0.1, 0.15) is 65.0 Å². The van der Waals surface area contributed by atoms with Crippen LogP contribution in [0, 0.1) is 0 Å². The number of hydrogen-bond acceptors (Lipinski definition) is 3. The van der Waals surface area contributed by atoms with Gasteiger partial charge in [0.05, 0.1) is 6.61 Å². The van der Waals surface area contributed by atoms with Crippen molar-refractivity contribution in [1.82, 2.24) is 15.1 Å². The number of carbonyl (C=O) groups is 1.